The van der Waals surface area contributed by atoms with Crippen molar-refractivity contribution in [1.29, 1.82) is 0 Å². The van der Waals surface area contributed by atoms with Crippen molar-refractivity contribution in [2.45, 2.75) is 89.3 Å². The zero-order chi connectivity index (χ0) is 33.9. The number of aryl methyl sites for hydroxylation is 1. The number of nitrogens with zero attached hydrogens (tertiary/aromatic N) is 2. The molecule has 2 fully saturated rings. The van der Waals surface area contributed by atoms with E-state index >= 15 is 0 Å². The standard InChI is InChI=1S/C39H50F2N2O5/c1-27-11-4-5-12-29(27)30-15-9-17-38(28(30)2,48-22-10-19-42-21-18-39(40,41)25-42)26-47-36-23-35(46-3)33(31-13-8-14-32(31)36)24-43-20-7-6-16-34(43)37(44)45/h4-5,9,11-12,15,17,23,28,34H,6-8,10,13-14,16,18-22,24-26H2,1-3H3,(H,44,45)/t28?,34-,38?/m0/s1. The van der Waals surface area contributed by atoms with Crippen molar-refractivity contribution in [3.8, 4) is 11.5 Å². The van der Waals surface area contributed by atoms with Crippen LogP contribution in [0.25, 0.3) is 5.57 Å². The molecule has 0 spiro atoms. The maximum Gasteiger partial charge on any atom is 0.320 e. The number of piperidine rings is 1. The molecule has 2 aromatic carbocycles. The number of allylic oxidation sites excluding steroid dienone is 2. The van der Waals surface area contributed by atoms with Crippen LogP contribution in [0, 0.1) is 12.8 Å². The molecule has 2 heterocycles. The van der Waals surface area contributed by atoms with Crippen molar-refractivity contribution in [2.24, 2.45) is 5.92 Å². The van der Waals surface area contributed by atoms with E-state index in [1.54, 1.807) is 7.11 Å². The summed E-state index contributed by atoms with van der Waals surface area (Å²) in [6, 6.07) is 9.86. The Morgan fingerprint density at radius 2 is 1.90 bits per heavy atom. The monoisotopic (exact) mass is 664 g/mol. The van der Waals surface area contributed by atoms with Gasteiger partial charge in [-0.25, -0.2) is 8.78 Å². The van der Waals surface area contributed by atoms with Crippen LogP contribution in [-0.4, -0.2) is 84.9 Å². The zero-order valence-corrected chi connectivity index (χ0v) is 28.6. The van der Waals surface area contributed by atoms with Crippen LogP contribution in [0.1, 0.15) is 73.3 Å². The number of alkyl halides is 2. The van der Waals surface area contributed by atoms with Gasteiger partial charge < -0.3 is 19.3 Å². The number of rotatable bonds is 13. The Kier molecular flexibility index (Phi) is 10.6. The number of aliphatic carboxylic acids is 1. The maximum atomic E-state index is 13.8. The van der Waals surface area contributed by atoms with Gasteiger partial charge in [0, 0.05) is 50.2 Å². The summed E-state index contributed by atoms with van der Waals surface area (Å²) in [6.45, 7) is 7.09. The second kappa shape index (κ2) is 14.7. The van der Waals surface area contributed by atoms with Gasteiger partial charge in [0.25, 0.3) is 5.92 Å². The number of carboxylic acid groups (broad SMARTS) is 1. The summed E-state index contributed by atoms with van der Waals surface area (Å²) in [7, 11) is 1.67. The van der Waals surface area contributed by atoms with Crippen molar-refractivity contribution in [2.75, 3.05) is 46.5 Å². The number of benzene rings is 2. The molecule has 2 unspecified atom stereocenters. The van der Waals surface area contributed by atoms with Crippen molar-refractivity contribution >= 4 is 11.5 Å². The lowest BCUT2D eigenvalue weighted by Crippen LogP contribution is -2.45. The lowest BCUT2D eigenvalue weighted by molar-refractivity contribution is -0.144. The number of fused-ring (bicyclic) bond motifs is 1. The predicted octanol–water partition coefficient (Wildman–Crippen LogP) is 7.09. The number of carboxylic acids is 1. The number of hydrogen-bond acceptors (Lipinski definition) is 6. The average Bonchev–Trinajstić information content (AvgIpc) is 3.71. The van der Waals surface area contributed by atoms with Crippen molar-refractivity contribution in [1.82, 2.24) is 9.80 Å². The molecular formula is C39H50F2N2O5. The summed E-state index contributed by atoms with van der Waals surface area (Å²) in [5.41, 5.74) is 6.21. The third-order valence-corrected chi connectivity index (χ3v) is 10.9. The molecule has 2 aliphatic heterocycles. The SMILES string of the molecule is COc1cc(OCC2(OCCCN3CCC(F)(F)C3)C=CC=C(c3ccccc3C)C2C)c2c(c1CN1CCCC[C@H]1C(=O)O)CCC2. The average molecular weight is 665 g/mol. The van der Waals surface area contributed by atoms with E-state index in [9.17, 15) is 18.7 Å². The fraction of sp³-hybridized carbons (Fsp3) is 0.564. The Bertz CT molecular complexity index is 1540. The van der Waals surface area contributed by atoms with Crippen LogP contribution in [-0.2, 0) is 28.9 Å². The summed E-state index contributed by atoms with van der Waals surface area (Å²) >= 11 is 0. The number of likely N-dealkylation sites (tertiary alicyclic amines) is 2. The number of hydrogen-bond donors (Lipinski definition) is 1. The quantitative estimate of drug-likeness (QED) is 0.230. The molecule has 7 nitrogen and oxygen atoms in total. The van der Waals surface area contributed by atoms with E-state index < -0.39 is 23.5 Å². The van der Waals surface area contributed by atoms with Gasteiger partial charge in [-0.15, -0.1) is 0 Å². The Hall–Kier alpha value is -3.27. The predicted molar refractivity (Wildman–Crippen MR) is 183 cm³/mol. The van der Waals surface area contributed by atoms with Crippen molar-refractivity contribution in [3.05, 3.63) is 76.4 Å². The molecule has 2 aliphatic carbocycles. The number of carbonyl (C=O) groups is 1. The summed E-state index contributed by atoms with van der Waals surface area (Å²) in [6.07, 6.45) is 12.2. The molecule has 48 heavy (non-hydrogen) atoms. The Morgan fingerprint density at radius 3 is 2.65 bits per heavy atom. The minimum atomic E-state index is -2.60. The Morgan fingerprint density at radius 1 is 1.08 bits per heavy atom. The Balaban J connectivity index is 1.24. The van der Waals surface area contributed by atoms with Crippen LogP contribution in [0.4, 0.5) is 8.78 Å². The smallest absolute Gasteiger partial charge is 0.320 e. The van der Waals surface area contributed by atoms with E-state index in [0.717, 1.165) is 55.7 Å². The minimum Gasteiger partial charge on any atom is -0.496 e. The lowest BCUT2D eigenvalue weighted by Gasteiger charge is -2.40. The first-order chi connectivity index (χ1) is 23.1. The van der Waals surface area contributed by atoms with E-state index in [1.807, 2.05) is 17.0 Å². The van der Waals surface area contributed by atoms with Crippen LogP contribution in [0.15, 0.2) is 48.6 Å². The van der Waals surface area contributed by atoms with Gasteiger partial charge in [-0.3, -0.25) is 14.6 Å². The van der Waals surface area contributed by atoms with Crippen LogP contribution in [0.2, 0.25) is 0 Å². The van der Waals surface area contributed by atoms with Gasteiger partial charge in [-0.1, -0.05) is 49.8 Å². The van der Waals surface area contributed by atoms with Gasteiger partial charge in [0.1, 0.15) is 29.7 Å². The molecule has 0 aromatic heterocycles. The number of halogens is 2. The van der Waals surface area contributed by atoms with Gasteiger partial charge in [0.15, 0.2) is 0 Å². The first-order valence-electron chi connectivity index (χ1n) is 17.6. The second-order valence-corrected chi connectivity index (χ2v) is 14.0. The summed E-state index contributed by atoms with van der Waals surface area (Å²) < 4.78 is 47.1. The lowest BCUT2D eigenvalue weighted by atomic mass is 9.76. The van der Waals surface area contributed by atoms with Crippen LogP contribution >= 0.6 is 0 Å². The molecule has 4 aliphatic rings. The maximum absolute atomic E-state index is 13.8. The largest absolute Gasteiger partial charge is 0.496 e. The third kappa shape index (κ3) is 7.33. The molecule has 2 aromatic rings. The van der Waals surface area contributed by atoms with Gasteiger partial charge >= 0.3 is 5.97 Å². The molecule has 6 rings (SSSR count). The fourth-order valence-electron chi connectivity index (χ4n) is 8.15. The molecule has 2 saturated heterocycles. The van der Waals surface area contributed by atoms with Crippen LogP contribution in [0.3, 0.4) is 0 Å². The van der Waals surface area contributed by atoms with Gasteiger partial charge in [0.05, 0.1) is 13.7 Å². The third-order valence-electron chi connectivity index (χ3n) is 10.9. The molecule has 0 saturated carbocycles. The van der Waals surface area contributed by atoms with Crippen LogP contribution in [0.5, 0.6) is 11.5 Å². The highest BCUT2D eigenvalue weighted by Crippen LogP contribution is 2.43. The topological polar surface area (TPSA) is 71.5 Å². The van der Waals surface area contributed by atoms with E-state index in [2.05, 4.69) is 55.2 Å². The molecule has 260 valence electrons. The molecule has 0 bridgehead atoms. The van der Waals surface area contributed by atoms with Gasteiger partial charge in [0.2, 0.25) is 0 Å². The number of methoxy groups -OCH3 is 1. The van der Waals surface area contributed by atoms with Crippen molar-refractivity contribution in [3.63, 3.8) is 0 Å². The second-order valence-electron chi connectivity index (χ2n) is 14.0. The van der Waals surface area contributed by atoms with Crippen LogP contribution < -0.4 is 9.47 Å². The van der Waals surface area contributed by atoms with Gasteiger partial charge in [-0.05, 0) is 85.9 Å². The molecule has 3 atom stereocenters. The van der Waals surface area contributed by atoms with E-state index in [1.165, 1.54) is 27.8 Å². The molecule has 0 amide bonds. The summed E-state index contributed by atoms with van der Waals surface area (Å²) in [4.78, 5) is 16.0. The Labute approximate surface area is 283 Å². The fourth-order valence-corrected chi connectivity index (χ4v) is 8.15. The van der Waals surface area contributed by atoms with E-state index in [-0.39, 0.29) is 25.5 Å². The normalized spacial score (nSPS) is 25.6. The highest BCUT2D eigenvalue weighted by molar-refractivity contribution is 5.74. The molecular weight excluding hydrogens is 614 g/mol. The summed E-state index contributed by atoms with van der Waals surface area (Å²) in [5.74, 6) is -1.90. The summed E-state index contributed by atoms with van der Waals surface area (Å²) in [5, 5.41) is 9.90. The zero-order valence-electron chi connectivity index (χ0n) is 28.6. The van der Waals surface area contributed by atoms with Gasteiger partial charge in [-0.2, -0.15) is 0 Å². The molecule has 1 N–H and O–H groups in total. The highest BCUT2D eigenvalue weighted by atomic mass is 19.3. The van der Waals surface area contributed by atoms with E-state index in [4.69, 9.17) is 14.2 Å². The van der Waals surface area contributed by atoms with Crippen molar-refractivity contribution < 1.29 is 32.9 Å². The molecule has 9 heteroatoms. The molecule has 0 radical (unpaired) electrons. The first-order valence-corrected chi connectivity index (χ1v) is 17.6. The number of ether oxygens (including phenoxy) is 3. The van der Waals surface area contributed by atoms with E-state index in [0.29, 0.717) is 39.1 Å². The highest BCUT2D eigenvalue weighted by Gasteiger charge is 2.42. The first kappa shape index (κ1) is 34.6. The minimum absolute atomic E-state index is 0.0407.